The molecule has 1 aromatic carbocycles. The van der Waals surface area contributed by atoms with Crippen molar-refractivity contribution < 1.29 is 9.72 Å². The van der Waals surface area contributed by atoms with Gasteiger partial charge < -0.3 is 5.32 Å². The Morgan fingerprint density at radius 2 is 2.05 bits per heavy atom. The van der Waals surface area contributed by atoms with Crippen LogP contribution in [0.3, 0.4) is 0 Å². The largest absolute Gasteiger partial charge is 0.349 e. The number of carbonyl (C=O) groups excluding carboxylic acids is 1. The van der Waals surface area contributed by atoms with Gasteiger partial charge in [-0.05, 0) is 37.8 Å². The van der Waals surface area contributed by atoms with Gasteiger partial charge in [-0.2, -0.15) is 0 Å². The Bertz CT molecular complexity index is 542. The first-order valence-corrected chi connectivity index (χ1v) is 7.61. The van der Waals surface area contributed by atoms with Gasteiger partial charge in [-0.25, -0.2) is 0 Å². The number of rotatable bonds is 4. The molecule has 1 unspecified atom stereocenters. The molecule has 1 amide bonds. The quantitative estimate of drug-likeness (QED) is 0.676. The maximum absolute atomic E-state index is 12.2. The number of carbonyl (C=O) groups is 1. The molecule has 114 valence electrons. The number of nitrogens with zero attached hydrogens (tertiary/aromatic N) is 1. The predicted molar refractivity (Wildman–Crippen MR) is 81.6 cm³/mol. The predicted octanol–water partition coefficient (Wildman–Crippen LogP) is 3.95. The zero-order valence-electron chi connectivity index (χ0n) is 12.0. The van der Waals surface area contributed by atoms with E-state index in [9.17, 15) is 14.9 Å². The molecule has 1 aliphatic rings. The summed E-state index contributed by atoms with van der Waals surface area (Å²) in [6.07, 6.45) is 5.99. The number of nitro benzene ring substituents is 1. The summed E-state index contributed by atoms with van der Waals surface area (Å²) in [5, 5.41) is 13.7. The Hall–Kier alpha value is -1.62. The van der Waals surface area contributed by atoms with Crippen LogP contribution in [0.5, 0.6) is 0 Å². The van der Waals surface area contributed by atoms with Crippen molar-refractivity contribution in [2.24, 2.45) is 5.92 Å². The van der Waals surface area contributed by atoms with Crippen LogP contribution < -0.4 is 5.32 Å². The van der Waals surface area contributed by atoms with Crippen LogP contribution in [0.4, 0.5) is 5.69 Å². The number of nitro groups is 1. The Labute approximate surface area is 128 Å². The summed E-state index contributed by atoms with van der Waals surface area (Å²) in [7, 11) is 0. The van der Waals surface area contributed by atoms with Crippen LogP contribution >= 0.6 is 11.6 Å². The number of halogens is 1. The van der Waals surface area contributed by atoms with Gasteiger partial charge in [-0.15, -0.1) is 0 Å². The number of hydrogen-bond acceptors (Lipinski definition) is 3. The summed E-state index contributed by atoms with van der Waals surface area (Å²) < 4.78 is 0. The molecule has 1 aliphatic carbocycles. The number of amides is 1. The lowest BCUT2D eigenvalue weighted by atomic mass is 9.84. The van der Waals surface area contributed by atoms with Gasteiger partial charge >= 0.3 is 0 Å². The van der Waals surface area contributed by atoms with Crippen LogP contribution in [0.2, 0.25) is 5.02 Å². The van der Waals surface area contributed by atoms with E-state index in [1.807, 2.05) is 6.92 Å². The van der Waals surface area contributed by atoms with E-state index in [0.717, 1.165) is 12.8 Å². The summed E-state index contributed by atoms with van der Waals surface area (Å²) in [5.41, 5.74) is 0.168. The van der Waals surface area contributed by atoms with Gasteiger partial charge in [0, 0.05) is 17.7 Å². The molecule has 21 heavy (non-hydrogen) atoms. The molecule has 5 nitrogen and oxygen atoms in total. The first-order valence-electron chi connectivity index (χ1n) is 7.24. The van der Waals surface area contributed by atoms with Crippen molar-refractivity contribution >= 4 is 23.2 Å². The van der Waals surface area contributed by atoms with Crippen LogP contribution in [0.25, 0.3) is 0 Å². The van der Waals surface area contributed by atoms with Crippen molar-refractivity contribution in [2.75, 3.05) is 0 Å². The van der Waals surface area contributed by atoms with Crippen LogP contribution in [0.1, 0.15) is 49.4 Å². The van der Waals surface area contributed by atoms with E-state index in [2.05, 4.69) is 5.32 Å². The van der Waals surface area contributed by atoms with E-state index in [0.29, 0.717) is 11.5 Å². The second kappa shape index (κ2) is 6.89. The highest BCUT2D eigenvalue weighted by molar-refractivity contribution is 6.33. The first kappa shape index (κ1) is 15.8. The summed E-state index contributed by atoms with van der Waals surface area (Å²) in [6.45, 7) is 2.01. The molecule has 6 heteroatoms. The molecule has 1 aromatic rings. The van der Waals surface area contributed by atoms with E-state index in [1.54, 1.807) is 0 Å². The van der Waals surface area contributed by atoms with Gasteiger partial charge in [0.25, 0.3) is 11.6 Å². The standard InChI is InChI=1S/C15H19ClN2O3/c1-10(11-5-3-2-4-6-11)17-15(19)12-7-8-14(18(20)21)13(16)9-12/h7-11H,2-6H2,1H3,(H,17,19). The van der Waals surface area contributed by atoms with E-state index in [1.165, 1.54) is 37.5 Å². The minimum Gasteiger partial charge on any atom is -0.349 e. The average Bonchev–Trinajstić information content (AvgIpc) is 2.47. The highest BCUT2D eigenvalue weighted by atomic mass is 35.5. The average molecular weight is 311 g/mol. The zero-order chi connectivity index (χ0) is 15.4. The number of hydrogen-bond donors (Lipinski definition) is 1. The van der Waals surface area contributed by atoms with Crippen LogP contribution in [-0.4, -0.2) is 16.9 Å². The third-order valence-corrected chi connectivity index (χ3v) is 4.43. The van der Waals surface area contributed by atoms with Crippen molar-refractivity contribution in [3.05, 3.63) is 38.9 Å². The van der Waals surface area contributed by atoms with Crippen molar-refractivity contribution in [1.29, 1.82) is 0 Å². The number of benzene rings is 1. The maximum Gasteiger partial charge on any atom is 0.287 e. The summed E-state index contributed by atoms with van der Waals surface area (Å²) in [6, 6.07) is 4.16. The topological polar surface area (TPSA) is 72.2 Å². The summed E-state index contributed by atoms with van der Waals surface area (Å²) in [5.74, 6) is 0.279. The van der Waals surface area contributed by atoms with Crippen molar-refractivity contribution in [3.8, 4) is 0 Å². The van der Waals surface area contributed by atoms with Crippen molar-refractivity contribution in [3.63, 3.8) is 0 Å². The number of nitrogens with one attached hydrogen (secondary N) is 1. The first-order chi connectivity index (χ1) is 9.99. The molecule has 0 aromatic heterocycles. The van der Waals surface area contributed by atoms with Gasteiger partial charge in [-0.1, -0.05) is 30.9 Å². The smallest absolute Gasteiger partial charge is 0.287 e. The maximum atomic E-state index is 12.2. The van der Waals surface area contributed by atoms with Crippen molar-refractivity contribution in [1.82, 2.24) is 5.32 Å². The Morgan fingerprint density at radius 3 is 2.62 bits per heavy atom. The van der Waals surface area contributed by atoms with Crippen LogP contribution in [-0.2, 0) is 0 Å². The van der Waals surface area contributed by atoms with E-state index in [4.69, 9.17) is 11.6 Å². The molecule has 1 N–H and O–H groups in total. The lowest BCUT2D eigenvalue weighted by Crippen LogP contribution is -2.38. The second-order valence-electron chi connectivity index (χ2n) is 5.58. The van der Waals surface area contributed by atoms with E-state index in [-0.39, 0.29) is 22.7 Å². The van der Waals surface area contributed by atoms with Gasteiger partial charge in [0.15, 0.2) is 0 Å². The fourth-order valence-corrected chi connectivity index (χ4v) is 3.09. The summed E-state index contributed by atoms with van der Waals surface area (Å²) in [4.78, 5) is 22.3. The second-order valence-corrected chi connectivity index (χ2v) is 5.99. The summed E-state index contributed by atoms with van der Waals surface area (Å²) >= 11 is 5.83. The van der Waals surface area contributed by atoms with Gasteiger partial charge in [-0.3, -0.25) is 14.9 Å². The molecule has 0 bridgehead atoms. The van der Waals surface area contributed by atoms with E-state index >= 15 is 0 Å². The minimum absolute atomic E-state index is 0.0158. The monoisotopic (exact) mass is 310 g/mol. The minimum atomic E-state index is -0.561. The van der Waals surface area contributed by atoms with Gasteiger partial charge in [0.2, 0.25) is 0 Å². The zero-order valence-corrected chi connectivity index (χ0v) is 12.7. The third-order valence-electron chi connectivity index (χ3n) is 4.12. The molecule has 1 atom stereocenters. The highest BCUT2D eigenvalue weighted by Crippen LogP contribution is 2.27. The van der Waals surface area contributed by atoms with Gasteiger partial charge in [0.1, 0.15) is 5.02 Å². The molecular weight excluding hydrogens is 292 g/mol. The molecule has 1 fully saturated rings. The molecule has 0 radical (unpaired) electrons. The molecule has 0 saturated heterocycles. The molecule has 0 spiro atoms. The third kappa shape index (κ3) is 3.94. The normalized spacial score (nSPS) is 17.2. The molecule has 0 heterocycles. The van der Waals surface area contributed by atoms with Crippen molar-refractivity contribution in [2.45, 2.75) is 45.1 Å². The molecule has 2 rings (SSSR count). The Morgan fingerprint density at radius 1 is 1.38 bits per heavy atom. The van der Waals surface area contributed by atoms with Gasteiger partial charge in [0.05, 0.1) is 4.92 Å². The fourth-order valence-electron chi connectivity index (χ4n) is 2.84. The Balaban J connectivity index is 2.02. The van der Waals surface area contributed by atoms with E-state index < -0.39 is 4.92 Å². The van der Waals surface area contributed by atoms with Crippen LogP contribution in [0, 0.1) is 16.0 Å². The molecule has 0 aliphatic heterocycles. The highest BCUT2D eigenvalue weighted by Gasteiger charge is 2.22. The lowest BCUT2D eigenvalue weighted by molar-refractivity contribution is -0.384. The molecular formula is C15H19ClN2O3. The SMILES string of the molecule is CC(NC(=O)c1ccc([N+](=O)[O-])c(Cl)c1)C1CCCCC1. The van der Waals surface area contributed by atoms with Crippen LogP contribution in [0.15, 0.2) is 18.2 Å². The fraction of sp³-hybridized carbons (Fsp3) is 0.533. The Kier molecular flexibility index (Phi) is 5.17. The molecule has 1 saturated carbocycles. The lowest BCUT2D eigenvalue weighted by Gasteiger charge is -2.28.